The number of rotatable bonds is 5. The highest BCUT2D eigenvalue weighted by Gasteiger charge is 2.28. The van der Waals surface area contributed by atoms with E-state index in [1.54, 1.807) is 20.3 Å². The minimum Gasteiger partial charge on any atom is -0.447 e. The maximum atomic E-state index is 12.3. The number of aryl methyl sites for hydroxylation is 1. The molecule has 1 N–H and O–H groups in total. The highest BCUT2D eigenvalue weighted by Crippen LogP contribution is 2.25. The van der Waals surface area contributed by atoms with E-state index in [2.05, 4.69) is 32.1 Å². The number of anilines is 1. The van der Waals surface area contributed by atoms with E-state index in [1.807, 2.05) is 13.8 Å². The van der Waals surface area contributed by atoms with Crippen LogP contribution in [0.25, 0.3) is 0 Å². The van der Waals surface area contributed by atoms with Gasteiger partial charge in [-0.2, -0.15) is 0 Å². The van der Waals surface area contributed by atoms with Gasteiger partial charge in [0.2, 0.25) is 5.82 Å². The van der Waals surface area contributed by atoms with Gasteiger partial charge in [0, 0.05) is 44.5 Å². The van der Waals surface area contributed by atoms with Crippen LogP contribution in [-0.2, 0) is 0 Å². The van der Waals surface area contributed by atoms with Gasteiger partial charge >= 0.3 is 0 Å². The van der Waals surface area contributed by atoms with E-state index in [0.29, 0.717) is 6.04 Å². The van der Waals surface area contributed by atoms with Crippen molar-refractivity contribution in [1.29, 1.82) is 0 Å². The first kappa shape index (κ1) is 18.3. The molecule has 0 bridgehead atoms. The fourth-order valence-corrected chi connectivity index (χ4v) is 3.18. The molecule has 3 heterocycles. The largest absolute Gasteiger partial charge is 0.447 e. The number of hydrogen-bond donors (Lipinski definition) is 1. The Balaban J connectivity index is 1.74. The maximum absolute atomic E-state index is 12.3. The van der Waals surface area contributed by atoms with Crippen LogP contribution in [0.1, 0.15) is 47.0 Å². The summed E-state index contributed by atoms with van der Waals surface area (Å²) in [6.45, 7) is 7.70. The molecule has 3 rings (SSSR count). The topological polar surface area (TPSA) is 87.4 Å². The lowest BCUT2D eigenvalue weighted by atomic mass is 10.2. The molecule has 1 unspecified atom stereocenters. The minimum absolute atomic E-state index is 0.0987. The average molecular weight is 358 g/mol. The van der Waals surface area contributed by atoms with E-state index < -0.39 is 0 Å². The van der Waals surface area contributed by atoms with Crippen molar-refractivity contribution < 1.29 is 9.21 Å². The third kappa shape index (κ3) is 3.70. The molecule has 8 heteroatoms. The number of oxazole rings is 1. The van der Waals surface area contributed by atoms with Crippen molar-refractivity contribution in [2.45, 2.75) is 39.3 Å². The summed E-state index contributed by atoms with van der Waals surface area (Å²) in [7, 11) is 3.42. The smallest absolute Gasteiger partial charge is 0.291 e. The third-order valence-electron chi connectivity index (χ3n) is 4.81. The van der Waals surface area contributed by atoms with E-state index >= 15 is 0 Å². The zero-order valence-corrected chi connectivity index (χ0v) is 16.0. The number of aromatic nitrogens is 3. The SMILES string of the molecule is Cc1nc(C(=O)N(C)C)nc(N2CC[C@@H](NC(C)c3cnco3)C2)c1C. The molecule has 26 heavy (non-hydrogen) atoms. The molecule has 0 aromatic carbocycles. The van der Waals surface area contributed by atoms with Gasteiger partial charge in [0.25, 0.3) is 5.91 Å². The van der Waals surface area contributed by atoms with Gasteiger partial charge < -0.3 is 19.5 Å². The second-order valence-electron chi connectivity index (χ2n) is 7.00. The van der Waals surface area contributed by atoms with Crippen LogP contribution < -0.4 is 10.2 Å². The van der Waals surface area contributed by atoms with Crippen LogP contribution >= 0.6 is 0 Å². The van der Waals surface area contributed by atoms with Crippen molar-refractivity contribution in [3.05, 3.63) is 35.4 Å². The summed E-state index contributed by atoms with van der Waals surface area (Å²) in [6, 6.07) is 0.416. The van der Waals surface area contributed by atoms with Gasteiger partial charge in [-0.05, 0) is 27.2 Å². The molecule has 1 amide bonds. The number of carbonyl (C=O) groups excluding carboxylic acids is 1. The summed E-state index contributed by atoms with van der Waals surface area (Å²) in [5.74, 6) is 1.75. The summed E-state index contributed by atoms with van der Waals surface area (Å²) >= 11 is 0. The zero-order valence-electron chi connectivity index (χ0n) is 16.0. The predicted molar refractivity (Wildman–Crippen MR) is 98.2 cm³/mol. The molecule has 0 radical (unpaired) electrons. The highest BCUT2D eigenvalue weighted by atomic mass is 16.3. The Morgan fingerprint density at radius 1 is 1.38 bits per heavy atom. The molecule has 1 aliphatic rings. The highest BCUT2D eigenvalue weighted by molar-refractivity contribution is 5.90. The van der Waals surface area contributed by atoms with E-state index in [4.69, 9.17) is 4.42 Å². The maximum Gasteiger partial charge on any atom is 0.291 e. The molecule has 0 aliphatic carbocycles. The number of carbonyl (C=O) groups is 1. The van der Waals surface area contributed by atoms with Gasteiger partial charge in [-0.25, -0.2) is 15.0 Å². The van der Waals surface area contributed by atoms with Crippen LogP contribution in [0.15, 0.2) is 17.0 Å². The predicted octanol–water partition coefficient (Wildman–Crippen LogP) is 1.71. The molecule has 1 aliphatic heterocycles. The lowest BCUT2D eigenvalue weighted by Crippen LogP contribution is -2.35. The van der Waals surface area contributed by atoms with Gasteiger partial charge in [0.1, 0.15) is 11.6 Å². The monoisotopic (exact) mass is 358 g/mol. The first-order valence-corrected chi connectivity index (χ1v) is 8.83. The molecule has 2 atom stereocenters. The van der Waals surface area contributed by atoms with Crippen LogP contribution in [0.5, 0.6) is 0 Å². The second-order valence-corrected chi connectivity index (χ2v) is 7.00. The fourth-order valence-electron chi connectivity index (χ4n) is 3.18. The van der Waals surface area contributed by atoms with Gasteiger partial charge in [-0.15, -0.1) is 0 Å². The number of amides is 1. The summed E-state index contributed by atoms with van der Waals surface area (Å²) in [6.07, 6.45) is 4.18. The Morgan fingerprint density at radius 3 is 2.81 bits per heavy atom. The third-order valence-corrected chi connectivity index (χ3v) is 4.81. The summed E-state index contributed by atoms with van der Waals surface area (Å²) in [5, 5.41) is 3.58. The molecule has 1 saturated heterocycles. The molecule has 8 nitrogen and oxygen atoms in total. The van der Waals surface area contributed by atoms with E-state index in [1.165, 1.54) is 11.3 Å². The first-order chi connectivity index (χ1) is 12.4. The average Bonchev–Trinajstić information content (AvgIpc) is 3.28. The lowest BCUT2D eigenvalue weighted by molar-refractivity contribution is 0.0815. The van der Waals surface area contributed by atoms with Gasteiger partial charge in [-0.1, -0.05) is 0 Å². The van der Waals surface area contributed by atoms with Gasteiger partial charge in [-0.3, -0.25) is 4.79 Å². The number of nitrogens with zero attached hydrogens (tertiary/aromatic N) is 5. The Hall–Kier alpha value is -2.48. The minimum atomic E-state index is -0.179. The molecule has 2 aromatic heterocycles. The Labute approximate surface area is 153 Å². The number of hydrogen-bond acceptors (Lipinski definition) is 7. The first-order valence-electron chi connectivity index (χ1n) is 8.83. The quantitative estimate of drug-likeness (QED) is 0.870. The van der Waals surface area contributed by atoms with E-state index in [0.717, 1.165) is 42.3 Å². The molecule has 0 saturated carbocycles. The van der Waals surface area contributed by atoms with Crippen molar-refractivity contribution in [2.75, 3.05) is 32.1 Å². The molecule has 0 spiro atoms. The van der Waals surface area contributed by atoms with Crippen LogP contribution in [0.4, 0.5) is 5.82 Å². The summed E-state index contributed by atoms with van der Waals surface area (Å²) in [4.78, 5) is 28.9. The van der Waals surface area contributed by atoms with Crippen molar-refractivity contribution in [3.8, 4) is 0 Å². The summed E-state index contributed by atoms with van der Waals surface area (Å²) in [5.41, 5.74) is 1.86. The molecule has 1 fully saturated rings. The Kier molecular flexibility index (Phi) is 5.22. The van der Waals surface area contributed by atoms with Crippen LogP contribution in [0.2, 0.25) is 0 Å². The van der Waals surface area contributed by atoms with E-state index in [9.17, 15) is 4.79 Å². The van der Waals surface area contributed by atoms with Crippen LogP contribution in [-0.4, -0.2) is 59.0 Å². The Morgan fingerprint density at radius 2 is 2.15 bits per heavy atom. The lowest BCUT2D eigenvalue weighted by Gasteiger charge is -2.22. The second kappa shape index (κ2) is 7.41. The summed E-state index contributed by atoms with van der Waals surface area (Å²) < 4.78 is 5.37. The molecule has 2 aromatic rings. The molecule has 140 valence electrons. The van der Waals surface area contributed by atoms with Gasteiger partial charge in [0.05, 0.1) is 12.2 Å². The van der Waals surface area contributed by atoms with Crippen LogP contribution in [0.3, 0.4) is 0 Å². The van der Waals surface area contributed by atoms with Crippen molar-refractivity contribution in [3.63, 3.8) is 0 Å². The van der Waals surface area contributed by atoms with Crippen molar-refractivity contribution in [1.82, 2.24) is 25.2 Å². The van der Waals surface area contributed by atoms with Gasteiger partial charge in [0.15, 0.2) is 6.39 Å². The molecular weight excluding hydrogens is 332 g/mol. The zero-order chi connectivity index (χ0) is 18.8. The fraction of sp³-hybridized carbons (Fsp3) is 0.556. The Bertz CT molecular complexity index is 774. The normalized spacial score (nSPS) is 18.2. The number of nitrogens with one attached hydrogen (secondary N) is 1. The standard InChI is InChI=1S/C18H26N6O2/c1-11-12(2)21-16(18(25)23(4)5)22-17(11)24-7-6-14(9-24)20-13(3)15-8-19-10-26-15/h8,10,13-14,20H,6-7,9H2,1-5H3/t13?,14-/m1/s1. The van der Waals surface area contributed by atoms with Crippen molar-refractivity contribution >= 4 is 11.7 Å². The molecular formula is C18H26N6O2. The van der Waals surface area contributed by atoms with Crippen LogP contribution in [0, 0.1) is 13.8 Å². The van der Waals surface area contributed by atoms with Crippen molar-refractivity contribution in [2.24, 2.45) is 0 Å². The van der Waals surface area contributed by atoms with E-state index in [-0.39, 0.29) is 17.8 Å².